The Morgan fingerprint density at radius 2 is 2.04 bits per heavy atom. The molecule has 0 bridgehead atoms. The fraction of sp³-hybridized carbons (Fsp3) is 0.400. The van der Waals surface area contributed by atoms with Crippen molar-refractivity contribution in [2.75, 3.05) is 11.4 Å². The van der Waals surface area contributed by atoms with E-state index < -0.39 is 17.5 Å². The van der Waals surface area contributed by atoms with Gasteiger partial charge in [0.2, 0.25) is 0 Å². The topological polar surface area (TPSA) is 60.2 Å². The van der Waals surface area contributed by atoms with Crippen molar-refractivity contribution in [2.24, 2.45) is 0 Å². The molecule has 6 nitrogen and oxygen atoms in total. The Morgan fingerprint density at radius 1 is 1.35 bits per heavy atom. The Morgan fingerprint density at radius 3 is 2.70 bits per heavy atom. The fourth-order valence-electron chi connectivity index (χ4n) is 2.52. The van der Waals surface area contributed by atoms with Gasteiger partial charge >= 0.3 is 0 Å². The number of hydrogen-bond donors (Lipinski definition) is 0. The molecule has 23 heavy (non-hydrogen) atoms. The highest BCUT2D eigenvalue weighted by molar-refractivity contribution is 6.06. The first-order chi connectivity index (χ1) is 10.9. The molecule has 1 amide bonds. The number of benzene rings is 1. The molecule has 0 spiro atoms. The van der Waals surface area contributed by atoms with Crippen molar-refractivity contribution in [1.29, 1.82) is 0 Å². The highest BCUT2D eigenvalue weighted by Crippen LogP contribution is 2.36. The lowest BCUT2D eigenvalue weighted by molar-refractivity contribution is 0.0954. The molecule has 1 aromatic heterocycles. The maximum Gasteiger partial charge on any atom is 0.280 e. The molecular weight excluding hydrogens is 306 g/mol. The number of ether oxygens (including phenoxy) is 1. The lowest BCUT2D eigenvalue weighted by Crippen LogP contribution is -2.43. The molecule has 1 atom stereocenters. The second kappa shape index (κ2) is 5.60. The highest BCUT2D eigenvalue weighted by Gasteiger charge is 2.32. The number of aryl methyl sites for hydroxylation is 2. The van der Waals surface area contributed by atoms with Gasteiger partial charge in [0.1, 0.15) is 11.9 Å². The number of nitrogens with zero attached hydrogens (tertiary/aromatic N) is 4. The molecule has 0 saturated heterocycles. The first-order valence-electron chi connectivity index (χ1n) is 7.30. The van der Waals surface area contributed by atoms with Crippen LogP contribution in [-0.4, -0.2) is 33.5 Å². The number of rotatable bonds is 2. The van der Waals surface area contributed by atoms with Crippen LogP contribution in [0.15, 0.2) is 12.1 Å². The van der Waals surface area contributed by atoms with Crippen LogP contribution < -0.4 is 9.64 Å². The summed E-state index contributed by atoms with van der Waals surface area (Å²) >= 11 is 0. The van der Waals surface area contributed by atoms with Crippen molar-refractivity contribution in [3.8, 4) is 5.75 Å². The van der Waals surface area contributed by atoms with Gasteiger partial charge in [0.15, 0.2) is 17.3 Å². The molecule has 1 aliphatic heterocycles. The van der Waals surface area contributed by atoms with Crippen molar-refractivity contribution in [2.45, 2.75) is 33.4 Å². The largest absolute Gasteiger partial charge is 0.487 e. The van der Waals surface area contributed by atoms with E-state index in [2.05, 4.69) is 10.2 Å². The Bertz CT molecular complexity index is 775. The predicted molar refractivity (Wildman–Crippen MR) is 78.6 cm³/mol. The third-order valence-electron chi connectivity index (χ3n) is 3.61. The van der Waals surface area contributed by atoms with Gasteiger partial charge in [0.25, 0.3) is 5.91 Å². The van der Waals surface area contributed by atoms with Gasteiger partial charge in [-0.15, -0.1) is 5.10 Å². The van der Waals surface area contributed by atoms with Crippen molar-refractivity contribution < 1.29 is 18.3 Å². The number of carbonyl (C=O) groups is 1. The molecule has 0 aliphatic carbocycles. The number of amides is 1. The van der Waals surface area contributed by atoms with Gasteiger partial charge in [-0.2, -0.15) is 9.90 Å². The van der Waals surface area contributed by atoms with Crippen LogP contribution in [0.4, 0.5) is 14.5 Å². The zero-order valence-electron chi connectivity index (χ0n) is 13.0. The molecule has 1 aliphatic rings. The van der Waals surface area contributed by atoms with Crippen LogP contribution in [0.2, 0.25) is 0 Å². The number of aromatic nitrogens is 3. The maximum atomic E-state index is 13.6. The number of anilines is 1. The third kappa shape index (κ3) is 2.64. The molecule has 0 fully saturated rings. The molecule has 2 aromatic rings. The third-order valence-corrected chi connectivity index (χ3v) is 3.61. The lowest BCUT2D eigenvalue weighted by Gasteiger charge is -2.33. The first-order valence-corrected chi connectivity index (χ1v) is 7.30. The summed E-state index contributed by atoms with van der Waals surface area (Å²) < 4.78 is 32.5. The van der Waals surface area contributed by atoms with Gasteiger partial charge in [-0.25, -0.2) is 8.78 Å². The van der Waals surface area contributed by atoms with Crippen molar-refractivity contribution in [3.63, 3.8) is 0 Å². The Hall–Kier alpha value is -2.51. The van der Waals surface area contributed by atoms with Crippen molar-refractivity contribution in [3.05, 3.63) is 35.2 Å². The van der Waals surface area contributed by atoms with Gasteiger partial charge in [0.05, 0.1) is 24.5 Å². The average Bonchev–Trinajstić information content (AvgIpc) is 2.88. The standard InChI is InChI=1S/C15H16F2N4O2/c1-4-21-18-9(3)14(19-21)15(22)20-7-8(2)23-13-6-11(17)10(16)5-12(13)20/h5-6,8H,4,7H2,1-3H3. The molecule has 1 aromatic carbocycles. The summed E-state index contributed by atoms with van der Waals surface area (Å²) in [6.45, 7) is 6.04. The summed E-state index contributed by atoms with van der Waals surface area (Å²) in [4.78, 5) is 15.6. The van der Waals surface area contributed by atoms with Crippen molar-refractivity contribution in [1.82, 2.24) is 15.0 Å². The Balaban J connectivity index is 2.04. The Labute approximate surface area is 131 Å². The highest BCUT2D eigenvalue weighted by atomic mass is 19.2. The van der Waals surface area contributed by atoms with Gasteiger partial charge in [-0.1, -0.05) is 0 Å². The molecule has 0 N–H and O–H groups in total. The quantitative estimate of drug-likeness (QED) is 0.851. The molecular formula is C15H16F2N4O2. The van der Waals surface area contributed by atoms with Crippen LogP contribution >= 0.6 is 0 Å². The molecule has 0 radical (unpaired) electrons. The molecule has 0 saturated carbocycles. The molecule has 1 unspecified atom stereocenters. The average molecular weight is 322 g/mol. The second-order valence-corrected chi connectivity index (χ2v) is 5.40. The number of carbonyl (C=O) groups excluding carboxylic acids is 1. The van der Waals surface area contributed by atoms with E-state index in [0.29, 0.717) is 12.2 Å². The number of hydrogen-bond acceptors (Lipinski definition) is 4. The van der Waals surface area contributed by atoms with E-state index in [1.54, 1.807) is 13.8 Å². The minimum Gasteiger partial charge on any atom is -0.487 e. The smallest absolute Gasteiger partial charge is 0.280 e. The van der Waals surface area contributed by atoms with Gasteiger partial charge in [-0.3, -0.25) is 9.69 Å². The van der Waals surface area contributed by atoms with Crippen molar-refractivity contribution >= 4 is 11.6 Å². The molecule has 2 heterocycles. The molecule has 8 heteroatoms. The number of fused-ring (bicyclic) bond motifs is 1. The maximum absolute atomic E-state index is 13.6. The van der Waals surface area contributed by atoms with E-state index >= 15 is 0 Å². The van der Waals surface area contributed by atoms with Crippen LogP contribution in [0.5, 0.6) is 5.75 Å². The van der Waals surface area contributed by atoms with Crippen LogP contribution in [0, 0.1) is 18.6 Å². The van der Waals surface area contributed by atoms with E-state index in [0.717, 1.165) is 12.1 Å². The second-order valence-electron chi connectivity index (χ2n) is 5.40. The van der Waals surface area contributed by atoms with Gasteiger partial charge in [0, 0.05) is 12.1 Å². The summed E-state index contributed by atoms with van der Waals surface area (Å²) in [6.07, 6.45) is -0.349. The van der Waals surface area contributed by atoms with Crippen LogP contribution in [0.1, 0.15) is 30.0 Å². The first kappa shape index (κ1) is 15.4. The predicted octanol–water partition coefficient (Wildman–Crippen LogP) is 2.31. The van der Waals surface area contributed by atoms with Gasteiger partial charge < -0.3 is 4.74 Å². The lowest BCUT2D eigenvalue weighted by atomic mass is 10.1. The Kier molecular flexibility index (Phi) is 3.75. The summed E-state index contributed by atoms with van der Waals surface area (Å²) in [7, 11) is 0. The van der Waals surface area contributed by atoms with Crippen LogP contribution in [0.3, 0.4) is 0 Å². The molecule has 122 valence electrons. The van der Waals surface area contributed by atoms with Crippen LogP contribution in [-0.2, 0) is 6.54 Å². The fourth-order valence-corrected chi connectivity index (χ4v) is 2.52. The minimum absolute atomic E-state index is 0.136. The zero-order chi connectivity index (χ0) is 16.7. The summed E-state index contributed by atoms with van der Waals surface area (Å²) in [5, 5.41) is 8.29. The van der Waals surface area contributed by atoms with E-state index in [4.69, 9.17) is 4.74 Å². The summed E-state index contributed by atoms with van der Waals surface area (Å²) in [5.74, 6) is -2.33. The monoisotopic (exact) mass is 322 g/mol. The van der Waals surface area contributed by atoms with Crippen LogP contribution in [0.25, 0.3) is 0 Å². The zero-order valence-corrected chi connectivity index (χ0v) is 13.0. The summed E-state index contributed by atoms with van der Waals surface area (Å²) in [6, 6.07) is 1.92. The van der Waals surface area contributed by atoms with E-state index in [-0.39, 0.29) is 29.8 Å². The van der Waals surface area contributed by atoms with E-state index in [1.807, 2.05) is 6.92 Å². The number of halogens is 2. The minimum atomic E-state index is -1.03. The summed E-state index contributed by atoms with van der Waals surface area (Å²) in [5.41, 5.74) is 0.870. The normalized spacial score (nSPS) is 16.9. The molecule has 3 rings (SSSR count). The van der Waals surface area contributed by atoms with E-state index in [9.17, 15) is 13.6 Å². The van der Waals surface area contributed by atoms with E-state index in [1.165, 1.54) is 9.70 Å². The van der Waals surface area contributed by atoms with Gasteiger partial charge in [-0.05, 0) is 20.8 Å². The SMILES string of the molecule is CCn1nc(C)c(C(=O)N2CC(C)Oc3cc(F)c(F)cc32)n1.